The lowest BCUT2D eigenvalue weighted by Gasteiger charge is -2.20. The van der Waals surface area contributed by atoms with E-state index in [1.54, 1.807) is 12.1 Å². The third-order valence-corrected chi connectivity index (χ3v) is 3.65. The van der Waals surface area contributed by atoms with E-state index in [9.17, 15) is 9.59 Å². The van der Waals surface area contributed by atoms with Crippen LogP contribution in [-0.2, 0) is 23.7 Å². The first-order chi connectivity index (χ1) is 13.2. The van der Waals surface area contributed by atoms with Gasteiger partial charge in [-0.1, -0.05) is 17.2 Å². The number of azide groups is 1. The standard InChI is InChI=1S/C17H19N7O4/c18-17(19,20)13-5-11(6-14(7-13)23-24-21)9-28-16(27)22-8-10-1-3-12(4-2-10)15(25)26/h1-7H,8-9,18-20H2,(H,22,27)(H,25,26). The second kappa shape index (κ2) is 8.84. The number of rotatable bonds is 7. The zero-order valence-corrected chi connectivity index (χ0v) is 14.7. The molecule has 0 unspecified atom stereocenters. The fourth-order valence-electron chi connectivity index (χ4n) is 2.26. The van der Waals surface area contributed by atoms with E-state index in [4.69, 9.17) is 32.6 Å². The first kappa shape index (κ1) is 20.7. The quantitative estimate of drug-likeness (QED) is 0.206. The van der Waals surface area contributed by atoms with E-state index in [0.29, 0.717) is 16.7 Å². The summed E-state index contributed by atoms with van der Waals surface area (Å²) in [7, 11) is 0. The second-order valence-corrected chi connectivity index (χ2v) is 5.94. The third kappa shape index (κ3) is 5.97. The lowest BCUT2D eigenvalue weighted by atomic mass is 10.1. The number of carbonyl (C=O) groups is 2. The summed E-state index contributed by atoms with van der Waals surface area (Å²) in [5.41, 5.74) is 27.4. The normalized spacial score (nSPS) is 10.7. The van der Waals surface area contributed by atoms with Gasteiger partial charge in [0.05, 0.1) is 5.56 Å². The molecule has 0 saturated heterocycles. The van der Waals surface area contributed by atoms with Gasteiger partial charge in [0.25, 0.3) is 0 Å². The van der Waals surface area contributed by atoms with Gasteiger partial charge in [0.2, 0.25) is 0 Å². The Hall–Kier alpha value is -3.63. The van der Waals surface area contributed by atoms with Crippen molar-refractivity contribution < 1.29 is 19.4 Å². The van der Waals surface area contributed by atoms with Crippen LogP contribution in [0.1, 0.15) is 27.0 Å². The zero-order valence-electron chi connectivity index (χ0n) is 14.7. The summed E-state index contributed by atoms with van der Waals surface area (Å²) in [6, 6.07) is 10.5. The second-order valence-electron chi connectivity index (χ2n) is 5.94. The highest BCUT2D eigenvalue weighted by Crippen LogP contribution is 2.21. The Morgan fingerprint density at radius 3 is 2.39 bits per heavy atom. The average Bonchev–Trinajstić information content (AvgIpc) is 2.64. The van der Waals surface area contributed by atoms with Crippen molar-refractivity contribution >= 4 is 17.7 Å². The van der Waals surface area contributed by atoms with Gasteiger partial charge in [0, 0.05) is 22.7 Å². The van der Waals surface area contributed by atoms with Crippen LogP contribution in [0.4, 0.5) is 10.5 Å². The van der Waals surface area contributed by atoms with Crippen molar-refractivity contribution in [3.63, 3.8) is 0 Å². The fourth-order valence-corrected chi connectivity index (χ4v) is 2.26. The maximum absolute atomic E-state index is 11.9. The van der Waals surface area contributed by atoms with Gasteiger partial charge in [-0.25, -0.2) is 9.59 Å². The van der Waals surface area contributed by atoms with Gasteiger partial charge in [-0.3, -0.25) is 17.2 Å². The number of nitrogens with two attached hydrogens (primary N) is 3. The number of hydrogen-bond acceptors (Lipinski definition) is 7. The maximum atomic E-state index is 11.9. The smallest absolute Gasteiger partial charge is 0.407 e. The van der Waals surface area contributed by atoms with Gasteiger partial charge in [-0.2, -0.15) is 0 Å². The van der Waals surface area contributed by atoms with Crippen molar-refractivity contribution in [2.24, 2.45) is 22.3 Å². The molecule has 1 amide bonds. The number of nitrogens with one attached hydrogen (secondary N) is 1. The first-order valence-corrected chi connectivity index (χ1v) is 7.98. The van der Waals surface area contributed by atoms with Crippen molar-refractivity contribution in [1.82, 2.24) is 5.32 Å². The Bertz CT molecular complexity index is 916. The summed E-state index contributed by atoms with van der Waals surface area (Å²) >= 11 is 0. The number of hydrogen-bond donors (Lipinski definition) is 5. The van der Waals surface area contributed by atoms with E-state index in [1.807, 2.05) is 0 Å². The number of carboxylic acid groups (broad SMARTS) is 1. The molecule has 0 atom stereocenters. The molecule has 0 fully saturated rings. The molecule has 0 radical (unpaired) electrons. The number of ether oxygens (including phenoxy) is 1. The van der Waals surface area contributed by atoms with Crippen molar-refractivity contribution in [2.75, 3.05) is 0 Å². The molecule has 0 aliphatic heterocycles. The maximum Gasteiger partial charge on any atom is 0.407 e. The Morgan fingerprint density at radius 2 is 1.82 bits per heavy atom. The molecule has 8 N–H and O–H groups in total. The predicted octanol–water partition coefficient (Wildman–Crippen LogP) is 1.74. The van der Waals surface area contributed by atoms with Crippen molar-refractivity contribution in [2.45, 2.75) is 18.9 Å². The molecule has 2 rings (SSSR count). The monoisotopic (exact) mass is 385 g/mol. The summed E-state index contributed by atoms with van der Waals surface area (Å²) in [5, 5.41) is 14.9. The Labute approximate surface area is 159 Å². The number of amides is 1. The van der Waals surface area contributed by atoms with E-state index in [0.717, 1.165) is 0 Å². The number of alkyl carbamates (subject to hydrolysis) is 1. The van der Waals surface area contributed by atoms with Gasteiger partial charge in [-0.05, 0) is 47.0 Å². The summed E-state index contributed by atoms with van der Waals surface area (Å²) in [4.78, 5) is 25.4. The molecule has 0 aliphatic rings. The Kier molecular flexibility index (Phi) is 6.53. The van der Waals surface area contributed by atoms with Crippen molar-refractivity contribution in [3.05, 3.63) is 75.2 Å². The minimum absolute atomic E-state index is 0.137. The summed E-state index contributed by atoms with van der Waals surface area (Å²) in [5.74, 6) is -2.68. The summed E-state index contributed by atoms with van der Waals surface area (Å²) in [6.45, 7) is 0.0158. The number of aromatic carboxylic acids is 1. The number of carbonyl (C=O) groups excluding carboxylic acids is 1. The molecule has 0 bridgehead atoms. The number of carboxylic acids is 1. The lowest BCUT2D eigenvalue weighted by molar-refractivity contribution is 0.0696. The molecule has 0 saturated carbocycles. The highest BCUT2D eigenvalue weighted by molar-refractivity contribution is 5.87. The highest BCUT2D eigenvalue weighted by atomic mass is 16.5. The topological polar surface area (TPSA) is 202 Å². The number of nitrogens with zero attached hydrogens (tertiary/aromatic N) is 3. The number of benzene rings is 2. The minimum Gasteiger partial charge on any atom is -0.478 e. The van der Waals surface area contributed by atoms with E-state index in [-0.39, 0.29) is 24.4 Å². The molecular weight excluding hydrogens is 366 g/mol. The van der Waals surface area contributed by atoms with Gasteiger partial charge in [0.1, 0.15) is 12.4 Å². The summed E-state index contributed by atoms with van der Waals surface area (Å²) in [6.07, 6.45) is -0.697. The molecule has 0 aliphatic carbocycles. The fraction of sp³-hybridized carbons (Fsp3) is 0.176. The van der Waals surface area contributed by atoms with Crippen LogP contribution < -0.4 is 22.5 Å². The lowest BCUT2D eigenvalue weighted by Crippen LogP contribution is -2.54. The van der Waals surface area contributed by atoms with Crippen LogP contribution in [0, 0.1) is 0 Å². The van der Waals surface area contributed by atoms with Gasteiger partial charge in [0.15, 0.2) is 0 Å². The zero-order chi connectivity index (χ0) is 20.7. The molecule has 146 valence electrons. The molecule has 11 nitrogen and oxygen atoms in total. The van der Waals surface area contributed by atoms with Crippen LogP contribution in [0.15, 0.2) is 47.6 Å². The van der Waals surface area contributed by atoms with Crippen molar-refractivity contribution in [3.8, 4) is 0 Å². The molecule has 2 aromatic carbocycles. The molecule has 0 aromatic heterocycles. The van der Waals surface area contributed by atoms with Crippen LogP contribution in [-0.4, -0.2) is 17.2 Å². The highest BCUT2D eigenvalue weighted by Gasteiger charge is 2.17. The molecule has 11 heteroatoms. The third-order valence-electron chi connectivity index (χ3n) is 3.65. The van der Waals surface area contributed by atoms with E-state index in [1.165, 1.54) is 30.3 Å². The first-order valence-electron chi connectivity index (χ1n) is 7.98. The van der Waals surface area contributed by atoms with E-state index in [2.05, 4.69) is 15.3 Å². The van der Waals surface area contributed by atoms with Gasteiger partial charge < -0.3 is 15.2 Å². The average molecular weight is 385 g/mol. The molecule has 2 aromatic rings. The summed E-state index contributed by atoms with van der Waals surface area (Å²) < 4.78 is 5.11. The van der Waals surface area contributed by atoms with Gasteiger partial charge in [-0.15, -0.1) is 0 Å². The molecular formula is C17H19N7O4. The molecule has 28 heavy (non-hydrogen) atoms. The van der Waals surface area contributed by atoms with E-state index < -0.39 is 17.8 Å². The Morgan fingerprint density at radius 1 is 1.14 bits per heavy atom. The van der Waals surface area contributed by atoms with E-state index >= 15 is 0 Å². The van der Waals surface area contributed by atoms with Crippen LogP contribution in [0.25, 0.3) is 10.4 Å². The van der Waals surface area contributed by atoms with Crippen LogP contribution in [0.5, 0.6) is 0 Å². The predicted molar refractivity (Wildman–Crippen MR) is 99.9 cm³/mol. The SMILES string of the molecule is [N-]=[N+]=Nc1cc(COC(=O)NCc2ccc(C(=O)O)cc2)cc(C(N)(N)N)c1. The minimum atomic E-state index is -1.65. The van der Waals surface area contributed by atoms with Crippen LogP contribution in [0.2, 0.25) is 0 Å². The molecule has 0 spiro atoms. The van der Waals surface area contributed by atoms with Gasteiger partial charge >= 0.3 is 12.1 Å². The van der Waals surface area contributed by atoms with Crippen LogP contribution in [0.3, 0.4) is 0 Å². The van der Waals surface area contributed by atoms with Crippen LogP contribution >= 0.6 is 0 Å². The molecule has 0 heterocycles. The largest absolute Gasteiger partial charge is 0.478 e. The Balaban J connectivity index is 1.97. The van der Waals surface area contributed by atoms with Crippen molar-refractivity contribution in [1.29, 1.82) is 0 Å².